The highest BCUT2D eigenvalue weighted by Gasteiger charge is 2.08. The van der Waals surface area contributed by atoms with Crippen LogP contribution in [-0.4, -0.2) is 29.7 Å². The Morgan fingerprint density at radius 2 is 2.16 bits per heavy atom. The lowest BCUT2D eigenvalue weighted by Gasteiger charge is -2.08. The summed E-state index contributed by atoms with van der Waals surface area (Å²) in [6, 6.07) is 4.78. The van der Waals surface area contributed by atoms with Crippen molar-refractivity contribution in [1.82, 2.24) is 9.97 Å². The molecule has 0 aliphatic heterocycles. The van der Waals surface area contributed by atoms with Crippen molar-refractivity contribution in [3.8, 4) is 5.75 Å². The standard InChI is InChI=1S/C11H13N3O3S.ClH/c1-18(16,17)14-10-5-8(2-3-11(10)15)4-9-6-12-7-13-9;/h2-3,5-7,14-15H,4H2,1H3,(H,12,13);1H. The van der Waals surface area contributed by atoms with Gasteiger partial charge >= 0.3 is 0 Å². The normalized spacial score (nSPS) is 10.8. The molecular weight excluding hydrogens is 290 g/mol. The maximum absolute atomic E-state index is 11.1. The minimum atomic E-state index is -3.41. The molecule has 2 rings (SSSR count). The monoisotopic (exact) mass is 303 g/mol. The number of phenols is 1. The molecule has 8 heteroatoms. The number of imidazole rings is 1. The summed E-state index contributed by atoms with van der Waals surface area (Å²) in [7, 11) is -3.41. The third-order valence-corrected chi connectivity index (χ3v) is 2.90. The van der Waals surface area contributed by atoms with Gasteiger partial charge in [0.25, 0.3) is 0 Å². The lowest BCUT2D eigenvalue weighted by atomic mass is 10.1. The van der Waals surface area contributed by atoms with Crippen LogP contribution in [0.15, 0.2) is 30.7 Å². The molecule has 0 aliphatic carbocycles. The Hall–Kier alpha value is -1.73. The molecule has 0 atom stereocenters. The van der Waals surface area contributed by atoms with E-state index in [2.05, 4.69) is 14.7 Å². The van der Waals surface area contributed by atoms with Gasteiger partial charge in [0.15, 0.2) is 0 Å². The van der Waals surface area contributed by atoms with Gasteiger partial charge in [-0.05, 0) is 17.7 Å². The second-order valence-corrected chi connectivity index (χ2v) is 5.73. The zero-order valence-corrected chi connectivity index (χ0v) is 11.8. The van der Waals surface area contributed by atoms with Gasteiger partial charge < -0.3 is 10.1 Å². The number of aromatic nitrogens is 2. The second-order valence-electron chi connectivity index (χ2n) is 3.98. The summed E-state index contributed by atoms with van der Waals surface area (Å²) in [5.74, 6) is -0.103. The van der Waals surface area contributed by atoms with Gasteiger partial charge in [-0.15, -0.1) is 12.4 Å². The van der Waals surface area contributed by atoms with Crippen molar-refractivity contribution >= 4 is 28.1 Å². The van der Waals surface area contributed by atoms with Crippen LogP contribution in [0.25, 0.3) is 0 Å². The van der Waals surface area contributed by atoms with Crippen molar-refractivity contribution in [3.63, 3.8) is 0 Å². The number of sulfonamides is 1. The molecule has 2 aromatic rings. The van der Waals surface area contributed by atoms with E-state index < -0.39 is 10.0 Å². The van der Waals surface area contributed by atoms with Gasteiger partial charge in [0.2, 0.25) is 10.0 Å². The van der Waals surface area contributed by atoms with E-state index >= 15 is 0 Å². The summed E-state index contributed by atoms with van der Waals surface area (Å²) in [4.78, 5) is 6.86. The first kappa shape index (κ1) is 15.3. The molecule has 0 bridgehead atoms. The first-order valence-corrected chi connectivity index (χ1v) is 7.10. The quantitative estimate of drug-likeness (QED) is 0.746. The van der Waals surface area contributed by atoms with Crippen molar-refractivity contribution in [2.45, 2.75) is 6.42 Å². The second kappa shape index (κ2) is 5.94. The predicted octanol–water partition coefficient (Wildman–Crippen LogP) is 1.50. The zero-order valence-electron chi connectivity index (χ0n) is 10.1. The molecule has 0 fully saturated rings. The predicted molar refractivity (Wildman–Crippen MR) is 75.2 cm³/mol. The number of benzene rings is 1. The summed E-state index contributed by atoms with van der Waals surface area (Å²) < 4.78 is 24.6. The molecule has 0 saturated carbocycles. The number of rotatable bonds is 4. The van der Waals surface area contributed by atoms with Crippen LogP contribution in [0.5, 0.6) is 5.75 Å². The maximum Gasteiger partial charge on any atom is 0.229 e. The van der Waals surface area contributed by atoms with Crippen LogP contribution < -0.4 is 4.72 Å². The fourth-order valence-electron chi connectivity index (χ4n) is 1.58. The minimum Gasteiger partial charge on any atom is -0.506 e. The number of aromatic amines is 1. The molecule has 104 valence electrons. The molecule has 1 heterocycles. The highest BCUT2D eigenvalue weighted by Crippen LogP contribution is 2.25. The number of halogens is 1. The van der Waals surface area contributed by atoms with E-state index in [9.17, 15) is 13.5 Å². The summed E-state index contributed by atoms with van der Waals surface area (Å²) in [6.07, 6.45) is 4.88. The van der Waals surface area contributed by atoms with Crippen molar-refractivity contribution in [1.29, 1.82) is 0 Å². The molecule has 0 aliphatic rings. The fraction of sp³-hybridized carbons (Fsp3) is 0.182. The third kappa shape index (κ3) is 4.46. The number of H-pyrrole nitrogens is 1. The Morgan fingerprint density at radius 1 is 1.42 bits per heavy atom. The molecule has 1 aromatic carbocycles. The summed E-state index contributed by atoms with van der Waals surface area (Å²) in [5.41, 5.74) is 1.95. The van der Waals surface area contributed by atoms with Gasteiger partial charge in [-0.25, -0.2) is 13.4 Å². The van der Waals surface area contributed by atoms with Crippen LogP contribution in [-0.2, 0) is 16.4 Å². The average Bonchev–Trinajstić information content (AvgIpc) is 2.74. The minimum absolute atomic E-state index is 0. The van der Waals surface area contributed by atoms with Crippen molar-refractivity contribution < 1.29 is 13.5 Å². The van der Waals surface area contributed by atoms with Gasteiger partial charge in [0, 0.05) is 18.3 Å². The number of nitrogens with one attached hydrogen (secondary N) is 2. The van der Waals surface area contributed by atoms with Gasteiger partial charge in [-0.3, -0.25) is 4.72 Å². The van der Waals surface area contributed by atoms with E-state index in [4.69, 9.17) is 0 Å². The lowest BCUT2D eigenvalue weighted by molar-refractivity contribution is 0.477. The summed E-state index contributed by atoms with van der Waals surface area (Å²) in [5, 5.41) is 9.58. The van der Waals surface area contributed by atoms with Crippen LogP contribution >= 0.6 is 12.4 Å². The molecule has 19 heavy (non-hydrogen) atoms. The summed E-state index contributed by atoms with van der Waals surface area (Å²) >= 11 is 0. The van der Waals surface area contributed by atoms with Crippen molar-refractivity contribution in [2.75, 3.05) is 11.0 Å². The first-order chi connectivity index (χ1) is 8.44. The van der Waals surface area contributed by atoms with E-state index in [1.807, 2.05) is 0 Å². The molecule has 0 amide bonds. The van der Waals surface area contributed by atoms with Crippen LogP contribution in [0, 0.1) is 0 Å². The number of hydrogen-bond acceptors (Lipinski definition) is 4. The topological polar surface area (TPSA) is 95.1 Å². The van der Waals surface area contributed by atoms with Crippen LogP contribution in [0.3, 0.4) is 0 Å². The van der Waals surface area contributed by atoms with Crippen LogP contribution in [0.4, 0.5) is 5.69 Å². The number of anilines is 1. The molecule has 0 spiro atoms. The number of hydrogen-bond donors (Lipinski definition) is 3. The molecular formula is C11H14ClN3O3S. The largest absolute Gasteiger partial charge is 0.506 e. The highest BCUT2D eigenvalue weighted by atomic mass is 35.5. The van der Waals surface area contributed by atoms with Crippen LogP contribution in [0.1, 0.15) is 11.3 Å². The Kier molecular flexibility index (Phi) is 4.79. The van der Waals surface area contributed by atoms with Gasteiger partial charge in [0.1, 0.15) is 5.75 Å². The third-order valence-electron chi connectivity index (χ3n) is 2.31. The van der Waals surface area contributed by atoms with E-state index in [-0.39, 0.29) is 23.8 Å². The molecule has 3 N–H and O–H groups in total. The SMILES string of the molecule is CS(=O)(=O)Nc1cc(Cc2cnc[nH]2)ccc1O.Cl. The van der Waals surface area contributed by atoms with Gasteiger partial charge in [-0.2, -0.15) is 0 Å². The van der Waals surface area contributed by atoms with E-state index in [0.29, 0.717) is 6.42 Å². The fourth-order valence-corrected chi connectivity index (χ4v) is 2.14. The molecule has 1 aromatic heterocycles. The lowest BCUT2D eigenvalue weighted by Crippen LogP contribution is -2.10. The van der Waals surface area contributed by atoms with Crippen molar-refractivity contribution in [3.05, 3.63) is 42.0 Å². The smallest absolute Gasteiger partial charge is 0.229 e. The van der Waals surface area contributed by atoms with Gasteiger partial charge in [-0.1, -0.05) is 6.07 Å². The van der Waals surface area contributed by atoms with E-state index in [1.54, 1.807) is 24.7 Å². The number of phenolic OH excluding ortho intramolecular Hbond substituents is 1. The molecule has 0 radical (unpaired) electrons. The number of nitrogens with zero attached hydrogens (tertiary/aromatic N) is 1. The average molecular weight is 304 g/mol. The summed E-state index contributed by atoms with van der Waals surface area (Å²) in [6.45, 7) is 0. The van der Waals surface area contributed by atoms with E-state index in [0.717, 1.165) is 17.5 Å². The van der Waals surface area contributed by atoms with Crippen LogP contribution in [0.2, 0.25) is 0 Å². The Labute approximate surface area is 117 Å². The van der Waals surface area contributed by atoms with Crippen molar-refractivity contribution in [2.24, 2.45) is 0 Å². The first-order valence-electron chi connectivity index (χ1n) is 5.21. The van der Waals surface area contributed by atoms with Gasteiger partial charge in [0.05, 0.1) is 18.3 Å². The molecule has 0 saturated heterocycles. The molecule has 0 unspecified atom stereocenters. The zero-order chi connectivity index (χ0) is 13.2. The Morgan fingerprint density at radius 3 is 2.74 bits per heavy atom. The molecule has 6 nitrogen and oxygen atoms in total. The van der Waals surface area contributed by atoms with E-state index in [1.165, 1.54) is 6.07 Å². The number of aromatic hydroxyl groups is 1. The highest BCUT2D eigenvalue weighted by molar-refractivity contribution is 7.92. The maximum atomic E-state index is 11.1. The Balaban J connectivity index is 0.00000180. The Bertz CT molecular complexity index is 641.